The van der Waals surface area contributed by atoms with Crippen molar-refractivity contribution in [1.82, 2.24) is 34.1 Å². The fourth-order valence-electron chi connectivity index (χ4n) is 9.29. The van der Waals surface area contributed by atoms with Crippen molar-refractivity contribution in [1.29, 1.82) is 5.26 Å². The predicted molar refractivity (Wildman–Crippen MR) is 203 cm³/mol. The van der Waals surface area contributed by atoms with Gasteiger partial charge in [-0.1, -0.05) is 12.1 Å². The number of nitrogens with one attached hydrogen (secondary N) is 2. The van der Waals surface area contributed by atoms with E-state index in [4.69, 9.17) is 0 Å². The maximum Gasteiger partial charge on any atom is 0.433 e. The highest BCUT2D eigenvalue weighted by molar-refractivity contribution is 6.05. The number of aryl methyl sites for hydroxylation is 1. The number of alkyl halides is 5. The Morgan fingerprint density at radius 3 is 2.46 bits per heavy atom. The zero-order valence-corrected chi connectivity index (χ0v) is 31.6. The Balaban J connectivity index is 0.855. The number of amides is 3. The van der Waals surface area contributed by atoms with Gasteiger partial charge in [-0.2, -0.15) is 23.5 Å². The molecule has 0 radical (unpaired) electrons. The Kier molecular flexibility index (Phi) is 8.92. The second kappa shape index (κ2) is 13.7. The van der Waals surface area contributed by atoms with Crippen LogP contribution in [-0.4, -0.2) is 84.2 Å². The molecule has 5 aromatic rings. The lowest BCUT2D eigenvalue weighted by Gasteiger charge is -2.67. The average molecular weight is 817 g/mol. The van der Waals surface area contributed by atoms with Crippen molar-refractivity contribution in [2.45, 2.75) is 68.2 Å². The number of likely N-dealkylation sites (tertiary alicyclic amines) is 1. The number of nitriles is 1. The quantitative estimate of drug-likeness (QED) is 0.167. The molecule has 3 saturated heterocycles. The molecule has 1 atom stereocenters. The van der Waals surface area contributed by atoms with Crippen LogP contribution in [0.1, 0.15) is 72.4 Å². The lowest BCUT2D eigenvalue weighted by atomic mass is 9.72. The summed E-state index contributed by atoms with van der Waals surface area (Å²) < 4.78 is 75.1. The third kappa shape index (κ3) is 6.31. The normalized spacial score (nSPS) is 22.9. The number of hydrogen-bond donors (Lipinski definition) is 2. The Bertz CT molecular complexity index is 2660. The van der Waals surface area contributed by atoms with E-state index < -0.39 is 58.5 Å². The fourth-order valence-corrected chi connectivity index (χ4v) is 9.29. The molecule has 3 aromatic heterocycles. The van der Waals surface area contributed by atoms with Crippen LogP contribution in [0, 0.1) is 17.2 Å². The van der Waals surface area contributed by atoms with Crippen molar-refractivity contribution in [3.8, 4) is 6.07 Å². The van der Waals surface area contributed by atoms with Crippen LogP contribution in [0.3, 0.4) is 0 Å². The van der Waals surface area contributed by atoms with E-state index in [1.165, 1.54) is 15.2 Å². The largest absolute Gasteiger partial charge is 0.433 e. The lowest BCUT2D eigenvalue weighted by Crippen LogP contribution is -2.87. The Hall–Kier alpha value is -6.16. The first-order chi connectivity index (χ1) is 28.1. The molecule has 1 unspecified atom stereocenters. The highest BCUT2D eigenvalue weighted by atomic mass is 19.4. The molecule has 59 heavy (non-hydrogen) atoms. The summed E-state index contributed by atoms with van der Waals surface area (Å²) in [4.78, 5) is 57.9. The first-order valence-corrected chi connectivity index (χ1v) is 19.3. The minimum absolute atomic E-state index is 0.00198. The molecule has 4 aliphatic rings. The first kappa shape index (κ1) is 38.4. The number of anilines is 2. The second-order valence-corrected chi connectivity index (χ2v) is 16.0. The van der Waals surface area contributed by atoms with Crippen LogP contribution >= 0.6 is 0 Å². The average Bonchev–Trinajstić information content (AvgIpc) is 3.71. The van der Waals surface area contributed by atoms with Gasteiger partial charge in [0.15, 0.2) is 0 Å². The van der Waals surface area contributed by atoms with Crippen LogP contribution in [0.25, 0.3) is 21.9 Å². The molecule has 2 aromatic carbocycles. The summed E-state index contributed by atoms with van der Waals surface area (Å²) in [7, 11) is 1.59. The number of carbonyl (C=O) groups is 3. The zero-order valence-electron chi connectivity index (χ0n) is 31.6. The van der Waals surface area contributed by atoms with E-state index in [2.05, 4.69) is 20.7 Å². The summed E-state index contributed by atoms with van der Waals surface area (Å²) in [5.41, 5.74) is -1.11. The number of nitrogens with zero attached hydrogens (tertiary/aromatic N) is 8. The number of piperidine rings is 1. The number of hydrogen-bond acceptors (Lipinski definition) is 9. The molecule has 306 valence electrons. The fraction of sp³-hybridized carbons (Fsp3) is 0.425. The highest BCUT2D eigenvalue weighted by Crippen LogP contribution is 2.53. The summed E-state index contributed by atoms with van der Waals surface area (Å²) in [6, 6.07) is 12.4. The van der Waals surface area contributed by atoms with Gasteiger partial charge in [-0.15, -0.1) is 0 Å². The van der Waals surface area contributed by atoms with E-state index in [9.17, 15) is 37.6 Å². The van der Waals surface area contributed by atoms with E-state index in [-0.39, 0.29) is 55.7 Å². The minimum atomic E-state index is -4.73. The molecular weight excluding hydrogens is 779 g/mol. The zero-order chi connectivity index (χ0) is 41.6. The van der Waals surface area contributed by atoms with Gasteiger partial charge in [-0.3, -0.25) is 38.4 Å². The monoisotopic (exact) mass is 816 g/mol. The predicted octanol–water partition coefficient (Wildman–Crippen LogP) is 5.15. The van der Waals surface area contributed by atoms with E-state index in [0.29, 0.717) is 34.2 Å². The smallest absolute Gasteiger partial charge is 0.365 e. The van der Waals surface area contributed by atoms with Crippen LogP contribution in [0.2, 0.25) is 0 Å². The molecule has 9 rings (SSSR count). The van der Waals surface area contributed by atoms with Crippen molar-refractivity contribution in [2.24, 2.45) is 13.0 Å². The molecule has 14 nitrogen and oxygen atoms in total. The molecule has 4 fully saturated rings. The van der Waals surface area contributed by atoms with Gasteiger partial charge in [0.2, 0.25) is 11.8 Å². The third-order valence-electron chi connectivity index (χ3n) is 12.5. The standard InChI is InChI=1S/C40H37F5N10O4/c1-51-34-29(5-3-6-30(34)55(37(51)59)31-12-13-33(56)49-36(31)58)52-19-38(20-52)39(41,42)21-53(38)17-22-8-10-25(11-9-22)54-18-24-15-27(23(16-46)14-28(24)50-54)48-35(57)26-4-2-7-32(47-26)40(43,44)45/h2-7,14-15,18,22,25,31H,8-13,17,19-21H2,1H3,(H,48,57)(H,49,56,58)/t22-,25-,31?. The number of pyridine rings is 1. The van der Waals surface area contributed by atoms with E-state index in [1.54, 1.807) is 37.5 Å². The molecule has 2 N–H and O–H groups in total. The van der Waals surface area contributed by atoms with Gasteiger partial charge in [0.25, 0.3) is 11.8 Å². The molecule has 3 aliphatic heterocycles. The van der Waals surface area contributed by atoms with Gasteiger partial charge in [-0.05, 0) is 74.4 Å². The van der Waals surface area contributed by atoms with Crippen molar-refractivity contribution < 1.29 is 36.3 Å². The number of benzene rings is 2. The van der Waals surface area contributed by atoms with Crippen molar-refractivity contribution in [2.75, 3.05) is 36.4 Å². The van der Waals surface area contributed by atoms with Crippen LogP contribution in [0.15, 0.2) is 59.5 Å². The number of halogens is 5. The van der Waals surface area contributed by atoms with Gasteiger partial charge >= 0.3 is 11.9 Å². The number of carbonyl (C=O) groups excluding carboxylic acids is 3. The van der Waals surface area contributed by atoms with E-state index in [1.807, 2.05) is 20.6 Å². The maximum absolute atomic E-state index is 15.5. The van der Waals surface area contributed by atoms with Gasteiger partial charge in [0.05, 0.1) is 46.1 Å². The SMILES string of the molecule is Cn1c(=O)n(C2CCC(=O)NC2=O)c2cccc(N3CC4(C3)N(C[C@H]3CC[C@H](n5cc6cc(NC(=O)c7cccc(C(F)(F)F)n7)c(C#N)cc6n5)CC3)CC4(F)F)c21. The number of imidazole rings is 1. The third-order valence-corrected chi connectivity index (χ3v) is 12.5. The summed E-state index contributed by atoms with van der Waals surface area (Å²) in [5, 5.41) is 19.9. The van der Waals surface area contributed by atoms with Crippen LogP contribution in [-0.2, 0) is 22.8 Å². The van der Waals surface area contributed by atoms with Crippen LogP contribution in [0.4, 0.5) is 33.3 Å². The molecule has 3 amide bonds. The van der Waals surface area contributed by atoms with Gasteiger partial charge < -0.3 is 10.2 Å². The van der Waals surface area contributed by atoms with Crippen molar-refractivity contribution in [3.63, 3.8) is 0 Å². The summed E-state index contributed by atoms with van der Waals surface area (Å²) in [5.74, 6) is -4.58. The van der Waals surface area contributed by atoms with E-state index in [0.717, 1.165) is 43.9 Å². The first-order valence-electron chi connectivity index (χ1n) is 19.3. The number of para-hydroxylation sites is 1. The summed E-state index contributed by atoms with van der Waals surface area (Å²) in [6.07, 6.45) is 0.359. The molecule has 1 spiro atoms. The Labute approximate surface area is 332 Å². The van der Waals surface area contributed by atoms with Crippen LogP contribution < -0.4 is 21.2 Å². The lowest BCUT2D eigenvalue weighted by molar-refractivity contribution is -0.258. The van der Waals surface area contributed by atoms with Gasteiger partial charge in [0.1, 0.15) is 29.0 Å². The summed E-state index contributed by atoms with van der Waals surface area (Å²) in [6.45, 7) is 0.288. The van der Waals surface area contributed by atoms with Gasteiger partial charge in [0, 0.05) is 44.7 Å². The van der Waals surface area contributed by atoms with Crippen LogP contribution in [0.5, 0.6) is 0 Å². The molecular formula is C40H37F5N10O4. The van der Waals surface area contributed by atoms with Crippen molar-refractivity contribution in [3.05, 3.63) is 82.2 Å². The number of fused-ring (bicyclic) bond motifs is 2. The highest BCUT2D eigenvalue weighted by Gasteiger charge is 2.72. The van der Waals surface area contributed by atoms with Crippen molar-refractivity contribution >= 4 is 51.0 Å². The molecule has 6 heterocycles. The number of aromatic nitrogens is 5. The molecule has 1 aliphatic carbocycles. The topological polar surface area (TPSA) is 163 Å². The number of rotatable bonds is 7. The summed E-state index contributed by atoms with van der Waals surface area (Å²) >= 11 is 0. The number of imide groups is 1. The van der Waals surface area contributed by atoms with E-state index >= 15 is 8.78 Å². The minimum Gasteiger partial charge on any atom is -0.365 e. The maximum atomic E-state index is 15.5. The second-order valence-electron chi connectivity index (χ2n) is 16.0. The Morgan fingerprint density at radius 1 is 1.02 bits per heavy atom. The van der Waals surface area contributed by atoms with Gasteiger partial charge in [-0.25, -0.2) is 18.6 Å². The molecule has 1 saturated carbocycles. The molecule has 19 heteroatoms. The molecule has 0 bridgehead atoms. The Morgan fingerprint density at radius 2 is 1.76 bits per heavy atom.